The summed E-state index contributed by atoms with van der Waals surface area (Å²) in [6.07, 6.45) is 0.960. The van der Waals surface area contributed by atoms with Gasteiger partial charge in [-0.3, -0.25) is 0 Å². The summed E-state index contributed by atoms with van der Waals surface area (Å²) in [5, 5.41) is 2.57. The van der Waals surface area contributed by atoms with Crippen LogP contribution in [0.5, 0.6) is 0 Å². The first kappa shape index (κ1) is 23.1. The maximum absolute atomic E-state index is 5.00. The van der Waals surface area contributed by atoms with Gasteiger partial charge in [0, 0.05) is 43.5 Å². The molecule has 8 rings (SSSR count). The molecule has 4 nitrogen and oxygen atoms in total. The Bertz CT molecular complexity index is 1940. The molecule has 1 aliphatic heterocycles. The lowest BCUT2D eigenvalue weighted by Crippen LogP contribution is -2.17. The molecule has 0 saturated heterocycles. The van der Waals surface area contributed by atoms with Gasteiger partial charge < -0.3 is 4.90 Å². The van der Waals surface area contributed by atoms with Crippen molar-refractivity contribution < 1.29 is 0 Å². The van der Waals surface area contributed by atoms with Gasteiger partial charge in [0.25, 0.3) is 0 Å². The maximum Gasteiger partial charge on any atom is 0.234 e. The summed E-state index contributed by atoms with van der Waals surface area (Å²) in [5.41, 5.74) is 6.96. The molecule has 1 aliphatic rings. The lowest BCUT2D eigenvalue weighted by atomic mass is 10.0. The van der Waals surface area contributed by atoms with E-state index >= 15 is 0 Å². The summed E-state index contributed by atoms with van der Waals surface area (Å²) in [6.45, 7) is 0.840. The molecule has 0 unspecified atom stereocenters. The predicted molar refractivity (Wildman–Crippen MR) is 166 cm³/mol. The zero-order valence-corrected chi connectivity index (χ0v) is 22.5. The highest BCUT2D eigenvalue weighted by Crippen LogP contribution is 2.43. The molecule has 0 aliphatic carbocycles. The molecule has 0 radical (unpaired) electrons. The van der Waals surface area contributed by atoms with Crippen molar-refractivity contribution in [3.8, 4) is 33.9 Å². The van der Waals surface area contributed by atoms with E-state index in [1.54, 1.807) is 0 Å². The fourth-order valence-corrected chi connectivity index (χ4v) is 6.73. The summed E-state index contributed by atoms with van der Waals surface area (Å²) >= 11 is 1.87. The van der Waals surface area contributed by atoms with Crippen molar-refractivity contribution in [3.63, 3.8) is 0 Å². The summed E-state index contributed by atoms with van der Waals surface area (Å²) in [6, 6.07) is 42.5. The number of nitrogens with zero attached hydrogens (tertiary/aromatic N) is 4. The van der Waals surface area contributed by atoms with E-state index in [1.165, 1.54) is 42.6 Å². The molecule has 0 fully saturated rings. The SMILES string of the molecule is c1ccc(-c2ccc3sc4cc5c(cc4c3c2)N(c2nc(-c3ccccc3)nc(-c3ccccc3)n2)CC5)cc1. The molecular weight excluding hydrogens is 508 g/mol. The number of anilines is 2. The monoisotopic (exact) mass is 532 g/mol. The average Bonchev–Trinajstić information content (AvgIpc) is 3.61. The normalized spacial score (nSPS) is 12.8. The molecule has 40 heavy (non-hydrogen) atoms. The first-order valence-electron chi connectivity index (χ1n) is 13.5. The highest BCUT2D eigenvalue weighted by atomic mass is 32.1. The number of hydrogen-bond acceptors (Lipinski definition) is 5. The molecule has 5 heteroatoms. The van der Waals surface area contributed by atoms with Crippen molar-refractivity contribution >= 4 is 43.1 Å². The van der Waals surface area contributed by atoms with E-state index in [9.17, 15) is 0 Å². The number of rotatable bonds is 4. The van der Waals surface area contributed by atoms with Crippen LogP contribution >= 0.6 is 11.3 Å². The molecule has 0 N–H and O–H groups in total. The van der Waals surface area contributed by atoms with Crippen molar-refractivity contribution in [3.05, 3.63) is 127 Å². The fraction of sp³-hybridized carbons (Fsp3) is 0.0571. The summed E-state index contributed by atoms with van der Waals surface area (Å²) in [7, 11) is 0. The third-order valence-corrected chi connectivity index (χ3v) is 8.74. The van der Waals surface area contributed by atoms with E-state index in [0.717, 1.165) is 24.1 Å². The third-order valence-electron chi connectivity index (χ3n) is 7.60. The zero-order valence-electron chi connectivity index (χ0n) is 21.7. The number of fused-ring (bicyclic) bond motifs is 4. The number of thiophene rings is 1. The van der Waals surface area contributed by atoms with E-state index in [-0.39, 0.29) is 0 Å². The minimum absolute atomic E-state index is 0.687. The van der Waals surface area contributed by atoms with E-state index < -0.39 is 0 Å². The zero-order chi connectivity index (χ0) is 26.5. The van der Waals surface area contributed by atoms with Gasteiger partial charge in [-0.15, -0.1) is 11.3 Å². The van der Waals surface area contributed by atoms with Gasteiger partial charge in [0.05, 0.1) is 0 Å². The highest BCUT2D eigenvalue weighted by molar-refractivity contribution is 7.25. The van der Waals surface area contributed by atoms with Crippen molar-refractivity contribution in [1.82, 2.24) is 15.0 Å². The second-order valence-electron chi connectivity index (χ2n) is 10.1. The van der Waals surface area contributed by atoms with Gasteiger partial charge in [-0.1, -0.05) is 97.1 Å². The van der Waals surface area contributed by atoms with Crippen LogP contribution in [0.3, 0.4) is 0 Å². The Kier molecular flexibility index (Phi) is 5.42. The van der Waals surface area contributed by atoms with Crippen LogP contribution in [0.25, 0.3) is 54.1 Å². The molecule has 5 aromatic carbocycles. The lowest BCUT2D eigenvalue weighted by Gasteiger charge is -2.19. The van der Waals surface area contributed by atoms with Crippen molar-refractivity contribution in [2.75, 3.05) is 11.4 Å². The van der Waals surface area contributed by atoms with Crippen molar-refractivity contribution in [1.29, 1.82) is 0 Å². The van der Waals surface area contributed by atoms with Crippen LogP contribution in [0.2, 0.25) is 0 Å². The van der Waals surface area contributed by atoms with Crippen LogP contribution in [-0.4, -0.2) is 21.5 Å². The standard InChI is InChI=1S/C35H24N4S/c1-4-10-23(11-5-1)26-16-17-31-28(20-26)29-22-30-27(21-32(29)40-31)18-19-39(30)35-37-33(24-12-6-2-7-13-24)36-34(38-35)25-14-8-3-9-15-25/h1-17,20-22H,18-19H2. The summed E-state index contributed by atoms with van der Waals surface area (Å²) in [5.74, 6) is 2.07. The van der Waals surface area contributed by atoms with Crippen LogP contribution in [-0.2, 0) is 6.42 Å². The van der Waals surface area contributed by atoms with E-state index in [2.05, 4.69) is 89.8 Å². The second-order valence-corrected chi connectivity index (χ2v) is 11.2. The molecule has 190 valence electrons. The predicted octanol–water partition coefficient (Wildman–Crippen LogP) is 8.93. The molecule has 0 spiro atoms. The Morgan fingerprint density at radius 3 is 1.77 bits per heavy atom. The van der Waals surface area contributed by atoms with E-state index in [4.69, 9.17) is 15.0 Å². The van der Waals surface area contributed by atoms with Crippen LogP contribution in [0.15, 0.2) is 121 Å². The van der Waals surface area contributed by atoms with Gasteiger partial charge in [0.2, 0.25) is 5.95 Å². The van der Waals surface area contributed by atoms with Crippen LogP contribution in [0.1, 0.15) is 5.56 Å². The molecule has 0 atom stereocenters. The smallest absolute Gasteiger partial charge is 0.234 e. The molecule has 3 heterocycles. The summed E-state index contributed by atoms with van der Waals surface area (Å²) < 4.78 is 2.63. The van der Waals surface area contributed by atoms with E-state index in [1.807, 2.05) is 47.7 Å². The molecule has 7 aromatic rings. The Balaban J connectivity index is 1.28. The first-order valence-corrected chi connectivity index (χ1v) is 14.3. The Labute approximate surface area is 236 Å². The van der Waals surface area contributed by atoms with Gasteiger partial charge in [-0.2, -0.15) is 9.97 Å². The topological polar surface area (TPSA) is 41.9 Å². The van der Waals surface area contributed by atoms with Gasteiger partial charge in [-0.05, 0) is 47.4 Å². The van der Waals surface area contributed by atoms with Gasteiger partial charge >= 0.3 is 0 Å². The minimum atomic E-state index is 0.687. The molecule has 2 aromatic heterocycles. The van der Waals surface area contributed by atoms with Crippen molar-refractivity contribution in [2.24, 2.45) is 0 Å². The third kappa shape index (κ3) is 3.94. The minimum Gasteiger partial charge on any atom is -0.310 e. The average molecular weight is 533 g/mol. The Morgan fingerprint density at radius 2 is 1.12 bits per heavy atom. The molecule has 0 saturated carbocycles. The fourth-order valence-electron chi connectivity index (χ4n) is 5.59. The van der Waals surface area contributed by atoms with Gasteiger partial charge in [0.15, 0.2) is 11.6 Å². The highest BCUT2D eigenvalue weighted by Gasteiger charge is 2.26. The molecule has 0 amide bonds. The van der Waals surface area contributed by atoms with Crippen molar-refractivity contribution in [2.45, 2.75) is 6.42 Å². The molecule has 0 bridgehead atoms. The van der Waals surface area contributed by atoms with Crippen LogP contribution < -0.4 is 4.90 Å². The Morgan fingerprint density at radius 1 is 0.525 bits per heavy atom. The number of benzene rings is 5. The Hall–Kier alpha value is -4.87. The van der Waals surface area contributed by atoms with Gasteiger partial charge in [0.1, 0.15) is 0 Å². The largest absolute Gasteiger partial charge is 0.310 e. The summed E-state index contributed by atoms with van der Waals surface area (Å²) in [4.78, 5) is 17.1. The second kappa shape index (κ2) is 9.40. The number of hydrogen-bond donors (Lipinski definition) is 0. The number of aromatic nitrogens is 3. The maximum atomic E-state index is 5.00. The van der Waals surface area contributed by atoms with Gasteiger partial charge in [-0.25, -0.2) is 4.98 Å². The van der Waals surface area contributed by atoms with Crippen LogP contribution in [0.4, 0.5) is 11.6 Å². The molecular formula is C35H24N4S. The first-order chi connectivity index (χ1) is 19.8. The van der Waals surface area contributed by atoms with Crippen LogP contribution in [0, 0.1) is 0 Å². The van der Waals surface area contributed by atoms with E-state index in [0.29, 0.717) is 17.6 Å². The quantitative estimate of drug-likeness (QED) is 0.227. The lowest BCUT2D eigenvalue weighted by molar-refractivity contribution is 0.925.